The van der Waals surface area contributed by atoms with Crippen LogP contribution in [-0.4, -0.2) is 15.6 Å². The van der Waals surface area contributed by atoms with Crippen molar-refractivity contribution in [3.63, 3.8) is 0 Å². The maximum atomic E-state index is 12.8. The molecule has 0 aliphatic carbocycles. The molecule has 0 amide bonds. The number of benzene rings is 1. The van der Waals surface area contributed by atoms with Crippen LogP contribution >= 0.6 is 0 Å². The molecule has 1 atom stereocenters. The molecule has 0 radical (unpaired) electrons. The minimum atomic E-state index is -0.222. The number of nitrogens with zero attached hydrogens (tertiary/aromatic N) is 2. The number of imidazole rings is 1. The Morgan fingerprint density at radius 3 is 2.82 bits per heavy atom. The molecule has 1 aliphatic rings. The first kappa shape index (κ1) is 10.5. The van der Waals surface area contributed by atoms with Crippen LogP contribution < -0.4 is 5.73 Å². The zero-order chi connectivity index (χ0) is 11.8. The van der Waals surface area contributed by atoms with E-state index in [4.69, 9.17) is 5.73 Å². The highest BCUT2D eigenvalue weighted by Crippen LogP contribution is 2.22. The summed E-state index contributed by atoms with van der Waals surface area (Å²) in [6.45, 7) is 0.921. The molecule has 0 saturated heterocycles. The Kier molecular flexibility index (Phi) is 2.44. The summed E-state index contributed by atoms with van der Waals surface area (Å²) in [6.07, 6.45) is 3.84. The summed E-state index contributed by atoms with van der Waals surface area (Å²) >= 11 is 0. The summed E-state index contributed by atoms with van der Waals surface area (Å²) in [5.74, 6) is 0.808. The molecule has 4 heteroatoms. The molecule has 2 aromatic rings. The van der Waals surface area contributed by atoms with Gasteiger partial charge < -0.3 is 10.3 Å². The third-order valence-corrected chi connectivity index (χ3v) is 3.18. The molecule has 0 bridgehead atoms. The molecule has 2 N–H and O–H groups in total. The molecule has 17 heavy (non-hydrogen) atoms. The van der Waals surface area contributed by atoms with Crippen molar-refractivity contribution in [3.05, 3.63) is 42.1 Å². The second-order valence-electron chi connectivity index (χ2n) is 4.50. The van der Waals surface area contributed by atoms with Crippen molar-refractivity contribution in [2.45, 2.75) is 25.4 Å². The van der Waals surface area contributed by atoms with E-state index in [9.17, 15) is 4.39 Å². The summed E-state index contributed by atoms with van der Waals surface area (Å²) < 4.78 is 15.0. The van der Waals surface area contributed by atoms with Crippen molar-refractivity contribution in [2.75, 3.05) is 0 Å². The average Bonchev–Trinajstić information content (AvgIpc) is 2.72. The lowest BCUT2D eigenvalue weighted by atomic mass is 10.1. The van der Waals surface area contributed by atoms with Gasteiger partial charge in [0, 0.05) is 30.8 Å². The molecule has 88 valence electrons. The molecular weight excluding hydrogens is 217 g/mol. The minimum Gasteiger partial charge on any atom is -0.334 e. The van der Waals surface area contributed by atoms with Crippen molar-refractivity contribution in [1.82, 2.24) is 9.55 Å². The Morgan fingerprint density at radius 1 is 1.29 bits per heavy atom. The van der Waals surface area contributed by atoms with Crippen LogP contribution in [0.15, 0.2) is 30.5 Å². The maximum absolute atomic E-state index is 12.8. The van der Waals surface area contributed by atoms with E-state index in [2.05, 4.69) is 9.55 Å². The number of hydrogen-bond donors (Lipinski definition) is 1. The number of fused-ring (bicyclic) bond motifs is 1. The molecule has 1 unspecified atom stereocenters. The van der Waals surface area contributed by atoms with Crippen molar-refractivity contribution in [1.29, 1.82) is 0 Å². The van der Waals surface area contributed by atoms with Crippen LogP contribution in [0.3, 0.4) is 0 Å². The fourth-order valence-corrected chi connectivity index (χ4v) is 2.21. The van der Waals surface area contributed by atoms with E-state index in [1.165, 1.54) is 12.1 Å². The number of aromatic nitrogens is 2. The highest BCUT2D eigenvalue weighted by molar-refractivity contribution is 5.58. The van der Waals surface area contributed by atoms with Gasteiger partial charge in [-0.05, 0) is 30.7 Å². The highest BCUT2D eigenvalue weighted by atomic mass is 19.1. The number of halogens is 1. The zero-order valence-corrected chi connectivity index (χ0v) is 9.44. The summed E-state index contributed by atoms with van der Waals surface area (Å²) in [4.78, 5) is 4.56. The standard InChI is InChI=1S/C13H14FN3/c14-10-3-1-9(2-4-10)12-8-17-6-5-11(15)7-13(17)16-12/h1-4,8,11H,5-7,15H2. The Hall–Kier alpha value is -1.68. The van der Waals surface area contributed by atoms with Gasteiger partial charge in [-0.2, -0.15) is 0 Å². The quantitative estimate of drug-likeness (QED) is 0.815. The van der Waals surface area contributed by atoms with Crippen molar-refractivity contribution in [3.8, 4) is 11.3 Å². The number of rotatable bonds is 1. The SMILES string of the molecule is NC1CCn2cc(-c3ccc(F)cc3)nc2C1. The first-order chi connectivity index (χ1) is 8.22. The number of nitrogens with two attached hydrogens (primary N) is 1. The lowest BCUT2D eigenvalue weighted by molar-refractivity contribution is 0.463. The second kappa shape index (κ2) is 3.96. The topological polar surface area (TPSA) is 43.8 Å². The molecule has 2 heterocycles. The monoisotopic (exact) mass is 231 g/mol. The normalized spacial score (nSPS) is 19.1. The first-order valence-corrected chi connectivity index (χ1v) is 5.80. The van der Waals surface area contributed by atoms with Crippen molar-refractivity contribution >= 4 is 0 Å². The van der Waals surface area contributed by atoms with Gasteiger partial charge in [-0.15, -0.1) is 0 Å². The molecule has 1 aliphatic heterocycles. The van der Waals surface area contributed by atoms with Crippen LogP contribution in [-0.2, 0) is 13.0 Å². The Balaban J connectivity index is 1.97. The molecular formula is C13H14FN3. The van der Waals surface area contributed by atoms with Gasteiger partial charge >= 0.3 is 0 Å². The lowest BCUT2D eigenvalue weighted by Gasteiger charge is -2.18. The summed E-state index contributed by atoms with van der Waals surface area (Å²) in [5, 5.41) is 0. The van der Waals surface area contributed by atoms with Gasteiger partial charge in [0.05, 0.1) is 5.69 Å². The molecule has 3 nitrogen and oxygen atoms in total. The number of aryl methyl sites for hydroxylation is 1. The molecule has 1 aromatic heterocycles. The predicted octanol–water partition coefficient (Wildman–Crippen LogP) is 1.96. The molecule has 0 spiro atoms. The fourth-order valence-electron chi connectivity index (χ4n) is 2.21. The summed E-state index contributed by atoms with van der Waals surface area (Å²) in [7, 11) is 0. The largest absolute Gasteiger partial charge is 0.334 e. The van der Waals surface area contributed by atoms with Crippen molar-refractivity contribution < 1.29 is 4.39 Å². The average molecular weight is 231 g/mol. The van der Waals surface area contributed by atoms with Gasteiger partial charge in [0.1, 0.15) is 11.6 Å². The highest BCUT2D eigenvalue weighted by Gasteiger charge is 2.18. The molecule has 3 rings (SSSR count). The van der Waals surface area contributed by atoms with Gasteiger partial charge in [0.2, 0.25) is 0 Å². The second-order valence-corrected chi connectivity index (χ2v) is 4.50. The van der Waals surface area contributed by atoms with E-state index in [0.717, 1.165) is 36.5 Å². The van der Waals surface area contributed by atoms with Gasteiger partial charge in [0.15, 0.2) is 0 Å². The van der Waals surface area contributed by atoms with Gasteiger partial charge in [-0.25, -0.2) is 9.37 Å². The van der Waals surface area contributed by atoms with E-state index in [-0.39, 0.29) is 11.9 Å². The lowest BCUT2D eigenvalue weighted by Crippen LogP contribution is -2.30. The third-order valence-electron chi connectivity index (χ3n) is 3.18. The fraction of sp³-hybridized carbons (Fsp3) is 0.308. The van der Waals surface area contributed by atoms with E-state index in [0.29, 0.717) is 0 Å². The van der Waals surface area contributed by atoms with E-state index in [1.54, 1.807) is 12.1 Å². The van der Waals surface area contributed by atoms with Crippen LogP contribution in [0, 0.1) is 5.82 Å². The van der Waals surface area contributed by atoms with E-state index >= 15 is 0 Å². The van der Waals surface area contributed by atoms with Crippen LogP contribution in [0.1, 0.15) is 12.2 Å². The van der Waals surface area contributed by atoms with E-state index in [1.807, 2.05) is 6.20 Å². The Labute approximate surface area is 99.1 Å². The van der Waals surface area contributed by atoms with Crippen molar-refractivity contribution in [2.24, 2.45) is 5.73 Å². The number of hydrogen-bond acceptors (Lipinski definition) is 2. The van der Waals surface area contributed by atoms with E-state index < -0.39 is 0 Å². The first-order valence-electron chi connectivity index (χ1n) is 5.80. The van der Waals surface area contributed by atoms with Gasteiger partial charge in [0.25, 0.3) is 0 Å². The van der Waals surface area contributed by atoms with Crippen LogP contribution in [0.5, 0.6) is 0 Å². The molecule has 0 saturated carbocycles. The zero-order valence-electron chi connectivity index (χ0n) is 9.44. The smallest absolute Gasteiger partial charge is 0.123 e. The molecule has 1 aromatic carbocycles. The Morgan fingerprint density at radius 2 is 2.06 bits per heavy atom. The van der Waals surface area contributed by atoms with Crippen LogP contribution in [0.25, 0.3) is 11.3 Å². The summed E-state index contributed by atoms with van der Waals surface area (Å²) in [6, 6.07) is 6.64. The third kappa shape index (κ3) is 1.96. The maximum Gasteiger partial charge on any atom is 0.123 e. The van der Waals surface area contributed by atoms with Crippen LogP contribution in [0.4, 0.5) is 4.39 Å². The molecule has 0 fully saturated rings. The van der Waals surface area contributed by atoms with Crippen LogP contribution in [0.2, 0.25) is 0 Å². The predicted molar refractivity (Wildman–Crippen MR) is 63.9 cm³/mol. The van der Waals surface area contributed by atoms with Gasteiger partial charge in [-0.3, -0.25) is 0 Å². The van der Waals surface area contributed by atoms with Gasteiger partial charge in [-0.1, -0.05) is 0 Å². The minimum absolute atomic E-state index is 0.214. The Bertz CT molecular complexity index is 530. The summed E-state index contributed by atoms with van der Waals surface area (Å²) in [5.41, 5.74) is 7.76.